The monoisotopic (exact) mass is 530 g/mol. The Morgan fingerprint density at radius 3 is 2.00 bits per heavy atom. The summed E-state index contributed by atoms with van der Waals surface area (Å²) in [4.78, 5) is 8.26. The summed E-state index contributed by atoms with van der Waals surface area (Å²) in [5.74, 6) is -1.43. The Morgan fingerprint density at radius 2 is 1.50 bits per heavy atom. The molecule has 3 aromatic rings. The van der Waals surface area contributed by atoms with Gasteiger partial charge in [-0.1, -0.05) is 0 Å². The van der Waals surface area contributed by atoms with Crippen LogP contribution in [0.2, 0.25) is 0 Å². The molecule has 0 bridgehead atoms. The Balaban J connectivity index is 0.00000289. The van der Waals surface area contributed by atoms with E-state index in [9.17, 15) is 46.3 Å². The van der Waals surface area contributed by atoms with Crippen molar-refractivity contribution in [3.8, 4) is 11.5 Å². The van der Waals surface area contributed by atoms with Gasteiger partial charge in [-0.2, -0.15) is 16.8 Å². The number of hydrogen-bond acceptors (Lipinski definition) is 11. The number of fused-ring (bicyclic) bond motifs is 1. The molecule has 170 valence electrons. The molecular formula is C16H12N4Na2O10S2. The summed E-state index contributed by atoms with van der Waals surface area (Å²) in [6.07, 6.45) is 0. The van der Waals surface area contributed by atoms with Crippen molar-refractivity contribution in [3.05, 3.63) is 46.5 Å². The minimum absolute atomic E-state index is 0. The van der Waals surface area contributed by atoms with Gasteiger partial charge in [-0.25, -0.2) is 0 Å². The van der Waals surface area contributed by atoms with Gasteiger partial charge in [0.15, 0.2) is 0 Å². The number of nitrogens with zero attached hydrogens (tertiary/aromatic N) is 3. The molecule has 0 fully saturated rings. The maximum atomic E-state index is 11.9. The normalized spacial score (nSPS) is 11.7. The predicted molar refractivity (Wildman–Crippen MR) is 120 cm³/mol. The van der Waals surface area contributed by atoms with Crippen LogP contribution in [0.5, 0.6) is 11.5 Å². The van der Waals surface area contributed by atoms with Crippen LogP contribution in [0.4, 0.5) is 22.7 Å². The largest absolute Gasteiger partial charge is 0.507 e. The molecule has 0 aromatic heterocycles. The Morgan fingerprint density at radius 1 is 0.882 bits per heavy atom. The molecule has 0 heterocycles. The molecule has 34 heavy (non-hydrogen) atoms. The van der Waals surface area contributed by atoms with Crippen LogP contribution in [0.1, 0.15) is 0 Å². The molecule has 14 nitrogen and oxygen atoms in total. The van der Waals surface area contributed by atoms with Gasteiger partial charge in [0.05, 0.1) is 21.6 Å². The summed E-state index contributed by atoms with van der Waals surface area (Å²) < 4.78 is 65.2. The number of nitro groups is 1. The molecule has 3 rings (SSSR count). The summed E-state index contributed by atoms with van der Waals surface area (Å²) >= 11 is 0. The van der Waals surface area contributed by atoms with Crippen LogP contribution in [-0.4, -0.2) is 100 Å². The second-order valence-corrected chi connectivity index (χ2v) is 9.07. The van der Waals surface area contributed by atoms with Gasteiger partial charge in [-0.05, 0) is 23.6 Å². The molecule has 0 saturated heterocycles. The number of nitro benzene ring substituents is 1. The van der Waals surface area contributed by atoms with Crippen molar-refractivity contribution in [3.63, 3.8) is 0 Å². The summed E-state index contributed by atoms with van der Waals surface area (Å²) in [5.41, 5.74) is 3.90. The van der Waals surface area contributed by atoms with Crippen molar-refractivity contribution in [1.29, 1.82) is 0 Å². The number of rotatable bonds is 5. The second-order valence-electron chi connectivity index (χ2n) is 6.26. The zero-order valence-corrected chi connectivity index (χ0v) is 23.1. The van der Waals surface area contributed by atoms with Gasteiger partial charge in [0, 0.05) is 76.6 Å². The number of phenols is 2. The van der Waals surface area contributed by atoms with Crippen LogP contribution in [0.15, 0.2) is 56.4 Å². The summed E-state index contributed by atoms with van der Waals surface area (Å²) in [5, 5.41) is 37.4. The number of azo groups is 1. The number of nitrogens with two attached hydrogens (primary N) is 1. The first-order valence-electron chi connectivity index (χ1n) is 8.13. The van der Waals surface area contributed by atoms with Crippen molar-refractivity contribution >= 4 is 113 Å². The molecule has 0 unspecified atom stereocenters. The van der Waals surface area contributed by atoms with Crippen LogP contribution < -0.4 is 5.73 Å². The third kappa shape index (κ3) is 6.22. The average Bonchev–Trinajstić information content (AvgIpc) is 2.65. The van der Waals surface area contributed by atoms with E-state index in [1.54, 1.807) is 0 Å². The van der Waals surface area contributed by atoms with E-state index in [4.69, 9.17) is 5.73 Å². The smallest absolute Gasteiger partial charge is 0.296 e. The molecule has 0 saturated carbocycles. The number of phenolic OH excluding ortho intramolecular Hbond substituents is 2. The number of benzene rings is 3. The van der Waals surface area contributed by atoms with Crippen LogP contribution in [0, 0.1) is 10.1 Å². The molecule has 18 heteroatoms. The van der Waals surface area contributed by atoms with E-state index < -0.39 is 63.5 Å². The third-order valence-corrected chi connectivity index (χ3v) is 5.87. The Kier molecular flexibility index (Phi) is 9.60. The Bertz CT molecular complexity index is 1540. The molecule has 0 spiro atoms. The fourth-order valence-corrected chi connectivity index (χ4v) is 3.96. The van der Waals surface area contributed by atoms with Crippen LogP contribution >= 0.6 is 0 Å². The first kappa shape index (κ1) is 30.2. The third-order valence-electron chi connectivity index (χ3n) is 4.17. The predicted octanol–water partition coefficient (Wildman–Crippen LogP) is 1.89. The van der Waals surface area contributed by atoms with Crippen LogP contribution in [0.25, 0.3) is 10.8 Å². The molecule has 0 amide bonds. The van der Waals surface area contributed by atoms with Crippen molar-refractivity contribution in [2.45, 2.75) is 9.79 Å². The minimum atomic E-state index is -5.02. The molecule has 6 N–H and O–H groups in total. The van der Waals surface area contributed by atoms with Gasteiger partial charge in [-0.15, -0.1) is 10.2 Å². The average molecular weight is 530 g/mol. The van der Waals surface area contributed by atoms with Gasteiger partial charge < -0.3 is 15.9 Å². The van der Waals surface area contributed by atoms with E-state index in [0.29, 0.717) is 6.07 Å². The molecule has 0 aliphatic rings. The zero-order valence-electron chi connectivity index (χ0n) is 17.4. The van der Waals surface area contributed by atoms with Crippen LogP contribution in [0.3, 0.4) is 0 Å². The molecule has 3 aromatic carbocycles. The van der Waals surface area contributed by atoms with Crippen molar-refractivity contribution in [2.75, 3.05) is 5.73 Å². The SMILES string of the molecule is Nc1c(N=Nc2ccc([N+](=O)[O-])cc2O)c(S(=O)(=O)O)cc2cc(S(=O)(=O)O)cc(O)c12.[Na].[Na]. The van der Waals surface area contributed by atoms with Gasteiger partial charge in [0.25, 0.3) is 25.9 Å². The second kappa shape index (κ2) is 10.8. The first-order chi connectivity index (χ1) is 14.7. The summed E-state index contributed by atoms with van der Waals surface area (Å²) in [6.45, 7) is 0. The minimum Gasteiger partial charge on any atom is -0.507 e. The maximum absolute atomic E-state index is 11.9. The number of hydrogen-bond donors (Lipinski definition) is 5. The summed E-state index contributed by atoms with van der Waals surface area (Å²) in [7, 11) is -9.80. The Hall–Kier alpha value is -1.86. The zero-order chi connectivity index (χ0) is 24.0. The number of anilines is 1. The molecule has 2 radical (unpaired) electrons. The molecule has 0 atom stereocenters. The van der Waals surface area contributed by atoms with E-state index in [0.717, 1.165) is 30.3 Å². The fraction of sp³-hybridized carbons (Fsp3) is 0. The van der Waals surface area contributed by atoms with Crippen molar-refractivity contribution in [2.24, 2.45) is 10.2 Å². The standard InChI is InChI=1S/C16H12N4O10S2.2Na/c17-15-14-7(3-9(6-12(14)22)31(25,26)27)4-13(32(28,29)30)16(15)19-18-10-2-1-8(20(23)24)5-11(10)21;;/h1-6,21-22H,17H2,(H,25,26,27)(H,28,29,30);;. The van der Waals surface area contributed by atoms with Gasteiger partial charge in [-0.3, -0.25) is 19.2 Å². The van der Waals surface area contributed by atoms with Crippen molar-refractivity contribution < 1.29 is 41.1 Å². The first-order valence-corrected chi connectivity index (χ1v) is 11.0. The number of aromatic hydroxyl groups is 2. The molecule has 0 aliphatic heterocycles. The quantitative estimate of drug-likeness (QED) is 0.0796. The number of non-ortho nitro benzene ring substituents is 1. The molecular weight excluding hydrogens is 518 g/mol. The van der Waals surface area contributed by atoms with Crippen LogP contribution in [-0.2, 0) is 20.2 Å². The van der Waals surface area contributed by atoms with Gasteiger partial charge >= 0.3 is 0 Å². The van der Waals surface area contributed by atoms with E-state index >= 15 is 0 Å². The van der Waals surface area contributed by atoms with E-state index in [2.05, 4.69) is 10.2 Å². The topological polar surface area (TPSA) is 243 Å². The maximum Gasteiger partial charge on any atom is 0.296 e. The van der Waals surface area contributed by atoms with E-state index in [1.165, 1.54) is 0 Å². The molecule has 0 aliphatic carbocycles. The van der Waals surface area contributed by atoms with Crippen molar-refractivity contribution in [1.82, 2.24) is 0 Å². The Labute approximate surface area is 235 Å². The van der Waals surface area contributed by atoms with E-state index in [-0.39, 0.29) is 75.6 Å². The fourth-order valence-electron chi connectivity index (χ4n) is 2.75. The van der Waals surface area contributed by atoms with Gasteiger partial charge in [0.2, 0.25) is 0 Å². The summed E-state index contributed by atoms with van der Waals surface area (Å²) in [6, 6.07) is 4.97. The number of nitrogen functional groups attached to an aromatic ring is 1. The van der Waals surface area contributed by atoms with Gasteiger partial charge in [0.1, 0.15) is 27.8 Å². The van der Waals surface area contributed by atoms with E-state index in [1.807, 2.05) is 0 Å².